The normalized spacial score (nSPS) is 8.83. The van der Waals surface area contributed by atoms with Gasteiger partial charge in [-0.3, -0.25) is 0 Å². The van der Waals surface area contributed by atoms with Crippen LogP contribution in [-0.2, 0) is 24.2 Å². The number of fused-ring (bicyclic) bond motifs is 3. The van der Waals surface area contributed by atoms with E-state index in [1.165, 1.54) is 24.8 Å². The summed E-state index contributed by atoms with van der Waals surface area (Å²) in [5, 5.41) is 5.39. The first-order valence-electron chi connectivity index (χ1n) is 7.40. The average Bonchev–Trinajstić information content (AvgIpc) is 3.18. The third kappa shape index (κ3) is 6.80. The van der Waals surface area contributed by atoms with Crippen LogP contribution in [0.2, 0.25) is 0 Å². The van der Waals surface area contributed by atoms with Crippen molar-refractivity contribution in [3.8, 4) is 0 Å². The van der Waals surface area contributed by atoms with Gasteiger partial charge in [-0.1, -0.05) is 36.4 Å². The molecule has 4 aromatic carbocycles. The third-order valence-corrected chi connectivity index (χ3v) is 3.08. The molecule has 0 radical (unpaired) electrons. The zero-order valence-electron chi connectivity index (χ0n) is 13.8. The average molecular weight is 402 g/mol. The van der Waals surface area contributed by atoms with E-state index in [2.05, 4.69) is 68.4 Å². The van der Waals surface area contributed by atoms with Crippen molar-refractivity contribution in [3.63, 3.8) is 0 Å². The van der Waals surface area contributed by atoms with Crippen molar-refractivity contribution in [2.75, 3.05) is 0 Å². The summed E-state index contributed by atoms with van der Waals surface area (Å²) in [6.07, 6.45) is 0. The van der Waals surface area contributed by atoms with Crippen molar-refractivity contribution in [2.45, 2.75) is 13.8 Å². The second-order valence-corrected chi connectivity index (χ2v) is 7.74. The molecule has 0 fully saturated rings. The van der Waals surface area contributed by atoms with Gasteiger partial charge >= 0.3 is 41.3 Å². The van der Waals surface area contributed by atoms with Gasteiger partial charge in [-0.05, 0) is 0 Å². The molecule has 0 atom stereocenters. The first-order valence-corrected chi connectivity index (χ1v) is 8.63. The Kier molecular flexibility index (Phi) is 10.9. The first kappa shape index (κ1) is 22.3. The first-order chi connectivity index (χ1) is 10.7. The van der Waals surface area contributed by atoms with Gasteiger partial charge in [0, 0.05) is 0 Å². The maximum Gasteiger partial charge on any atom is -0.0771 e. The molecule has 4 rings (SSSR count). The molecule has 0 spiro atoms. The fraction of sp³-hybridized carbons (Fsp3) is 0.0952. The Hall–Kier alpha value is -1.73. The van der Waals surface area contributed by atoms with E-state index in [1.807, 2.05) is 30.3 Å². The smallest absolute Gasteiger partial charge is 0.0771 e. The van der Waals surface area contributed by atoms with E-state index in [9.17, 15) is 0 Å². The fourth-order valence-electron chi connectivity index (χ4n) is 2.22. The zero-order chi connectivity index (χ0) is 15.8. The van der Waals surface area contributed by atoms with Crippen LogP contribution in [0.5, 0.6) is 0 Å². The zero-order valence-corrected chi connectivity index (χ0v) is 16.3. The molecule has 0 aliphatic rings. The number of hydrogen-bond acceptors (Lipinski definition) is 0. The predicted octanol–water partition coefficient (Wildman–Crippen LogP) is -0.129. The minimum Gasteiger partial charge on any atom is -1.00 e. The van der Waals surface area contributed by atoms with Crippen molar-refractivity contribution in [3.05, 3.63) is 84.9 Å². The Morgan fingerprint density at radius 2 is 1.08 bits per heavy atom. The molecule has 124 valence electrons. The second kappa shape index (κ2) is 11.8. The largest absolute Gasteiger partial charge is 1.00 e. The SMILES string of the molecule is C[C](C)=[Zr+2].[F-].[F-].c1cc[cH-]c1.c1ccc2c(c1)[cH-]c1ccccc12. The molecule has 0 saturated heterocycles. The molecule has 0 nitrogen and oxygen atoms in total. The monoisotopic (exact) mass is 400 g/mol. The van der Waals surface area contributed by atoms with Gasteiger partial charge < -0.3 is 9.41 Å². The fourth-order valence-corrected chi connectivity index (χ4v) is 2.22. The molecule has 0 aliphatic heterocycles. The molecule has 0 aliphatic carbocycles. The van der Waals surface area contributed by atoms with Gasteiger partial charge in [0.2, 0.25) is 0 Å². The number of halogens is 2. The van der Waals surface area contributed by atoms with Gasteiger partial charge in [-0.2, -0.15) is 18.2 Å². The number of rotatable bonds is 0. The summed E-state index contributed by atoms with van der Waals surface area (Å²) in [6.45, 7) is 4.25. The second-order valence-electron chi connectivity index (χ2n) is 5.28. The quantitative estimate of drug-likeness (QED) is 0.360. The van der Waals surface area contributed by atoms with Crippen LogP contribution in [0.3, 0.4) is 0 Å². The molecule has 0 heterocycles. The Morgan fingerprint density at radius 1 is 0.708 bits per heavy atom. The van der Waals surface area contributed by atoms with Gasteiger partial charge in [-0.25, -0.2) is 12.1 Å². The molecule has 0 bridgehead atoms. The predicted molar refractivity (Wildman–Crippen MR) is 95.4 cm³/mol. The summed E-state index contributed by atoms with van der Waals surface area (Å²) in [6, 6.07) is 29.3. The van der Waals surface area contributed by atoms with Crippen LogP contribution in [0.25, 0.3) is 21.5 Å². The summed E-state index contributed by atoms with van der Waals surface area (Å²) in [5.74, 6) is 0. The molecule has 0 saturated carbocycles. The summed E-state index contributed by atoms with van der Waals surface area (Å²) in [5.41, 5.74) is 0. The van der Waals surface area contributed by atoms with Gasteiger partial charge in [0.05, 0.1) is 0 Å². The van der Waals surface area contributed by atoms with Gasteiger partial charge in [0.15, 0.2) is 0 Å². The summed E-state index contributed by atoms with van der Waals surface area (Å²) < 4.78 is 1.51. The Balaban J connectivity index is 0.000000409. The Morgan fingerprint density at radius 3 is 1.42 bits per heavy atom. The molecular weight excluding hydrogens is 381 g/mol. The maximum absolute atomic E-state index is 2.24. The van der Waals surface area contributed by atoms with Crippen LogP contribution in [0.4, 0.5) is 0 Å². The standard InChI is InChI=1S/C13H9.C5H5.C3H6.2FH.Zr/c1-3-7-12-10(5-1)9-11-6-2-4-8-13(11)12;1-2-4-5-3-1;1-3-2;;;/h1-9H;1-5H;1-2H3;2*1H;/q2*-1;;;;+2/p-2. The van der Waals surface area contributed by atoms with E-state index < -0.39 is 0 Å². The van der Waals surface area contributed by atoms with Crippen LogP contribution in [-0.4, -0.2) is 3.21 Å². The van der Waals surface area contributed by atoms with E-state index in [0.717, 1.165) is 0 Å². The van der Waals surface area contributed by atoms with Crippen LogP contribution < -0.4 is 9.41 Å². The molecule has 0 aromatic heterocycles. The number of benzene rings is 2. The van der Waals surface area contributed by atoms with E-state index in [0.29, 0.717) is 0 Å². The van der Waals surface area contributed by atoms with Gasteiger partial charge in [0.25, 0.3) is 0 Å². The summed E-state index contributed by atoms with van der Waals surface area (Å²) >= 11 is 1.55. The molecule has 0 N–H and O–H groups in total. The molecule has 0 unspecified atom stereocenters. The van der Waals surface area contributed by atoms with Crippen molar-refractivity contribution < 1.29 is 33.6 Å². The molecule has 24 heavy (non-hydrogen) atoms. The molecule has 4 aromatic rings. The van der Waals surface area contributed by atoms with Crippen molar-refractivity contribution in [1.29, 1.82) is 0 Å². The molecule has 3 heteroatoms. The maximum atomic E-state index is 2.24. The minimum atomic E-state index is 0. The van der Waals surface area contributed by atoms with Crippen molar-refractivity contribution in [2.24, 2.45) is 0 Å². The Labute approximate surface area is 156 Å². The van der Waals surface area contributed by atoms with E-state index >= 15 is 0 Å². The van der Waals surface area contributed by atoms with Crippen LogP contribution in [0.1, 0.15) is 13.8 Å². The van der Waals surface area contributed by atoms with E-state index in [4.69, 9.17) is 0 Å². The summed E-state index contributed by atoms with van der Waals surface area (Å²) in [4.78, 5) is 0. The number of hydrogen-bond donors (Lipinski definition) is 0. The van der Waals surface area contributed by atoms with Crippen LogP contribution in [0, 0.1) is 0 Å². The minimum absolute atomic E-state index is 0. The van der Waals surface area contributed by atoms with E-state index in [1.54, 1.807) is 24.2 Å². The third-order valence-electron chi connectivity index (χ3n) is 3.08. The van der Waals surface area contributed by atoms with Crippen LogP contribution in [0.15, 0.2) is 84.9 Å². The van der Waals surface area contributed by atoms with Crippen molar-refractivity contribution in [1.82, 2.24) is 0 Å². The molecule has 0 amide bonds. The van der Waals surface area contributed by atoms with Gasteiger partial charge in [0.1, 0.15) is 0 Å². The summed E-state index contributed by atoms with van der Waals surface area (Å²) in [7, 11) is 0. The molecular formula is C21H20F2Zr-2. The van der Waals surface area contributed by atoms with Gasteiger partial charge in [-0.15, -0.1) is 39.7 Å². The van der Waals surface area contributed by atoms with Crippen LogP contribution >= 0.6 is 0 Å². The topological polar surface area (TPSA) is 0 Å². The van der Waals surface area contributed by atoms with Crippen molar-refractivity contribution >= 4 is 24.8 Å². The Bertz CT molecular complexity index is 758. The van der Waals surface area contributed by atoms with E-state index in [-0.39, 0.29) is 9.41 Å².